The fourth-order valence-electron chi connectivity index (χ4n) is 1.12. The molecule has 0 fully saturated rings. The summed E-state index contributed by atoms with van der Waals surface area (Å²) in [6.07, 6.45) is 2.08. The lowest BCUT2D eigenvalue weighted by atomic mass is 10.2. The molecule has 0 unspecified atom stereocenters. The average Bonchev–Trinajstić information content (AvgIpc) is 2.15. The zero-order valence-electron chi connectivity index (χ0n) is 8.96. The topological polar surface area (TPSA) is 111 Å². The van der Waals surface area contributed by atoms with Crippen LogP contribution in [0.15, 0.2) is 33.3 Å². The molecule has 1 aromatic carbocycles. The summed E-state index contributed by atoms with van der Waals surface area (Å²) < 4.78 is 35.8. The maximum absolute atomic E-state index is 13.0. The molecule has 0 saturated heterocycles. The van der Waals surface area contributed by atoms with E-state index in [0.29, 0.717) is 0 Å². The largest absolute Gasteiger partial charge is 0.369 e. The van der Waals surface area contributed by atoms with Gasteiger partial charge in [-0.3, -0.25) is 0 Å². The minimum Gasteiger partial charge on any atom is -0.369 e. The van der Waals surface area contributed by atoms with E-state index in [1.807, 2.05) is 0 Å². The molecule has 0 saturated carbocycles. The van der Waals surface area contributed by atoms with Crippen LogP contribution in [0.2, 0.25) is 0 Å². The summed E-state index contributed by atoms with van der Waals surface area (Å²) in [7, 11) is -3.47. The smallest absolute Gasteiger partial charge is 0.211 e. The lowest BCUT2D eigenvalue weighted by Crippen LogP contribution is -2.21. The summed E-state index contributed by atoms with van der Waals surface area (Å²) in [5.74, 6) is -0.859. The van der Waals surface area contributed by atoms with Crippen LogP contribution in [0.1, 0.15) is 5.56 Å². The van der Waals surface area contributed by atoms with E-state index in [2.05, 4.69) is 10.2 Å². The highest BCUT2D eigenvalue weighted by Gasteiger charge is 2.12. The first-order chi connectivity index (χ1) is 7.80. The Bertz CT molecular complexity index is 577. The second-order valence-electron chi connectivity index (χ2n) is 3.22. The molecule has 0 radical (unpaired) electrons. The second-order valence-corrected chi connectivity index (χ2v) is 5.21. The molecule has 1 rings (SSSR count). The van der Waals surface area contributed by atoms with Crippen LogP contribution in [0.25, 0.3) is 0 Å². The summed E-state index contributed by atoms with van der Waals surface area (Å²) in [6, 6.07) is 3.23. The van der Waals surface area contributed by atoms with E-state index in [9.17, 15) is 12.8 Å². The van der Waals surface area contributed by atoms with E-state index in [1.165, 1.54) is 0 Å². The third-order valence-electron chi connectivity index (χ3n) is 1.74. The van der Waals surface area contributed by atoms with E-state index in [-0.39, 0.29) is 16.4 Å². The monoisotopic (exact) mass is 258 g/mol. The summed E-state index contributed by atoms with van der Waals surface area (Å²) >= 11 is 0. The summed E-state index contributed by atoms with van der Waals surface area (Å²) in [5.41, 5.74) is 10.1. The normalized spacial score (nSPS) is 11.6. The third kappa shape index (κ3) is 3.83. The van der Waals surface area contributed by atoms with Crippen molar-refractivity contribution in [2.45, 2.75) is 4.90 Å². The molecule has 6 nitrogen and oxygen atoms in total. The first-order valence-corrected chi connectivity index (χ1v) is 6.31. The fourth-order valence-corrected chi connectivity index (χ4v) is 1.97. The number of sulfone groups is 1. The molecule has 0 atom stereocenters. The van der Waals surface area contributed by atoms with Gasteiger partial charge in [-0.2, -0.15) is 5.10 Å². The highest BCUT2D eigenvalue weighted by molar-refractivity contribution is 7.90. The Hall–Kier alpha value is -1.96. The van der Waals surface area contributed by atoms with Crippen molar-refractivity contribution >= 4 is 22.0 Å². The van der Waals surface area contributed by atoms with Crippen molar-refractivity contribution in [1.82, 2.24) is 0 Å². The quantitative estimate of drug-likeness (QED) is 0.339. The number of guanidine groups is 1. The number of nitrogens with zero attached hydrogens (tertiary/aromatic N) is 2. The average molecular weight is 258 g/mol. The zero-order valence-corrected chi connectivity index (χ0v) is 9.78. The molecule has 92 valence electrons. The van der Waals surface area contributed by atoms with Gasteiger partial charge in [0.15, 0.2) is 9.84 Å². The van der Waals surface area contributed by atoms with Gasteiger partial charge in [0.2, 0.25) is 5.96 Å². The van der Waals surface area contributed by atoms with Crippen molar-refractivity contribution in [3.8, 4) is 0 Å². The lowest BCUT2D eigenvalue weighted by Gasteiger charge is -2.02. The number of benzene rings is 1. The summed E-state index contributed by atoms with van der Waals surface area (Å²) in [4.78, 5) is -0.0477. The van der Waals surface area contributed by atoms with Crippen LogP contribution in [0.4, 0.5) is 4.39 Å². The molecule has 0 heterocycles. The van der Waals surface area contributed by atoms with E-state index in [1.54, 1.807) is 0 Å². The van der Waals surface area contributed by atoms with Crippen molar-refractivity contribution in [3.05, 3.63) is 29.6 Å². The molecular formula is C9H11FN4O2S. The Balaban J connectivity index is 3.27. The molecule has 0 spiro atoms. The van der Waals surface area contributed by atoms with Gasteiger partial charge in [-0.1, -0.05) is 0 Å². The number of halogens is 1. The van der Waals surface area contributed by atoms with Crippen LogP contribution >= 0.6 is 0 Å². The van der Waals surface area contributed by atoms with Crippen LogP contribution in [0, 0.1) is 5.82 Å². The van der Waals surface area contributed by atoms with E-state index in [4.69, 9.17) is 11.5 Å². The van der Waals surface area contributed by atoms with Crippen molar-refractivity contribution in [1.29, 1.82) is 0 Å². The number of hydrogen-bond donors (Lipinski definition) is 2. The highest BCUT2D eigenvalue weighted by Crippen LogP contribution is 2.15. The molecule has 0 aromatic heterocycles. The van der Waals surface area contributed by atoms with Gasteiger partial charge >= 0.3 is 0 Å². The maximum atomic E-state index is 13.0. The molecular weight excluding hydrogens is 247 g/mol. The molecule has 17 heavy (non-hydrogen) atoms. The molecule has 1 aromatic rings. The molecule has 0 aliphatic rings. The SMILES string of the molecule is CS(=O)(=O)c1ccc(F)cc1C=NN=C(N)N. The fraction of sp³-hybridized carbons (Fsp3) is 0.111. The maximum Gasteiger partial charge on any atom is 0.211 e. The lowest BCUT2D eigenvalue weighted by molar-refractivity contribution is 0.600. The standard InChI is InChI=1S/C9H11FN4O2S/c1-17(15,16)8-3-2-7(10)4-6(8)5-13-14-9(11)12/h2-5H,1H3,(H4,11,12,14). The number of hydrogen-bond acceptors (Lipinski definition) is 4. The predicted octanol–water partition coefficient (Wildman–Crippen LogP) is -0.163. The van der Waals surface area contributed by atoms with E-state index < -0.39 is 15.7 Å². The molecule has 0 aliphatic carbocycles. The third-order valence-corrected chi connectivity index (χ3v) is 2.91. The van der Waals surface area contributed by atoms with Crippen molar-refractivity contribution in [3.63, 3.8) is 0 Å². The first-order valence-electron chi connectivity index (χ1n) is 4.42. The Labute approximate surface area is 97.8 Å². The van der Waals surface area contributed by atoms with Gasteiger partial charge in [0, 0.05) is 11.8 Å². The van der Waals surface area contributed by atoms with Gasteiger partial charge in [-0.05, 0) is 18.2 Å². The summed E-state index contributed by atoms with van der Waals surface area (Å²) in [5, 5.41) is 6.74. The minimum atomic E-state index is -3.47. The Morgan fingerprint density at radius 1 is 1.41 bits per heavy atom. The Morgan fingerprint density at radius 3 is 2.59 bits per heavy atom. The van der Waals surface area contributed by atoms with Gasteiger partial charge in [0.1, 0.15) is 5.82 Å². The molecule has 8 heteroatoms. The van der Waals surface area contributed by atoms with Crippen molar-refractivity contribution in [2.24, 2.45) is 21.7 Å². The number of rotatable bonds is 3. The molecule has 0 amide bonds. The second kappa shape index (κ2) is 4.91. The van der Waals surface area contributed by atoms with Gasteiger partial charge in [-0.25, -0.2) is 12.8 Å². The van der Waals surface area contributed by atoms with Crippen LogP contribution in [0.3, 0.4) is 0 Å². The molecule has 0 bridgehead atoms. The van der Waals surface area contributed by atoms with Crippen molar-refractivity contribution < 1.29 is 12.8 Å². The molecule has 0 aliphatic heterocycles. The van der Waals surface area contributed by atoms with Crippen LogP contribution in [-0.2, 0) is 9.84 Å². The van der Waals surface area contributed by atoms with Crippen molar-refractivity contribution in [2.75, 3.05) is 6.26 Å². The zero-order chi connectivity index (χ0) is 13.1. The van der Waals surface area contributed by atoms with E-state index >= 15 is 0 Å². The predicted molar refractivity (Wildman–Crippen MR) is 62.9 cm³/mol. The Morgan fingerprint density at radius 2 is 2.06 bits per heavy atom. The first kappa shape index (κ1) is 13.1. The van der Waals surface area contributed by atoms with Gasteiger partial charge in [0.25, 0.3) is 0 Å². The van der Waals surface area contributed by atoms with Gasteiger partial charge < -0.3 is 11.5 Å². The van der Waals surface area contributed by atoms with E-state index in [0.717, 1.165) is 30.7 Å². The number of nitrogens with two attached hydrogens (primary N) is 2. The van der Waals surface area contributed by atoms with Gasteiger partial charge in [-0.15, -0.1) is 5.10 Å². The van der Waals surface area contributed by atoms with Crippen LogP contribution < -0.4 is 11.5 Å². The highest BCUT2D eigenvalue weighted by atomic mass is 32.2. The summed E-state index contributed by atoms with van der Waals surface area (Å²) in [6.45, 7) is 0. The molecule has 4 N–H and O–H groups in total. The minimum absolute atomic E-state index is 0.0477. The van der Waals surface area contributed by atoms with Gasteiger partial charge in [0.05, 0.1) is 11.1 Å². The van der Waals surface area contributed by atoms with Crippen LogP contribution in [-0.4, -0.2) is 26.8 Å². The Kier molecular flexibility index (Phi) is 3.79. The van der Waals surface area contributed by atoms with Crippen LogP contribution in [0.5, 0.6) is 0 Å².